The maximum atomic E-state index is 12.7. The highest BCUT2D eigenvalue weighted by molar-refractivity contribution is 7.99. The van der Waals surface area contributed by atoms with Crippen molar-refractivity contribution in [3.8, 4) is 11.1 Å². The molecule has 2 N–H and O–H groups in total. The van der Waals surface area contributed by atoms with Gasteiger partial charge in [-0.05, 0) is 58.1 Å². The van der Waals surface area contributed by atoms with E-state index in [2.05, 4.69) is 4.72 Å². The predicted octanol–water partition coefficient (Wildman–Crippen LogP) is 6.30. The number of pyridine rings is 1. The Bertz CT molecular complexity index is 1870. The Balaban J connectivity index is 1.21. The minimum absolute atomic E-state index is 0.0318. The Labute approximate surface area is 273 Å². The molecule has 3 unspecified atom stereocenters. The van der Waals surface area contributed by atoms with E-state index in [1.807, 2.05) is 78.9 Å². The first-order valence-electron chi connectivity index (χ1n) is 14.9. The van der Waals surface area contributed by atoms with Gasteiger partial charge in [-0.25, -0.2) is 13.1 Å². The molecule has 2 heterocycles. The highest BCUT2D eigenvalue weighted by atomic mass is 32.2. The average molecular weight is 655 g/mol. The minimum atomic E-state index is -3.64. The van der Waals surface area contributed by atoms with Crippen LogP contribution in [0.4, 0.5) is 0 Å². The summed E-state index contributed by atoms with van der Waals surface area (Å²) in [5.41, 5.74) is 5.36. The fraction of sp³-hybridized carbons (Fsp3) is 0.194. The summed E-state index contributed by atoms with van der Waals surface area (Å²) in [4.78, 5) is 0.224. The summed E-state index contributed by atoms with van der Waals surface area (Å²) in [6, 6.07) is 37.1. The van der Waals surface area contributed by atoms with Crippen molar-refractivity contribution >= 4 is 21.8 Å². The number of benzene rings is 4. The fourth-order valence-corrected chi connectivity index (χ4v) is 7.29. The van der Waals surface area contributed by atoms with Crippen LogP contribution in [-0.2, 0) is 32.6 Å². The number of aromatic nitrogens is 1. The number of hydrogen-bond acceptors (Lipinski definition) is 7. The second-order valence-corrected chi connectivity index (χ2v) is 13.8. The lowest BCUT2D eigenvalue weighted by molar-refractivity contribution is -0.645. The molecule has 3 atom stereocenters. The molecule has 1 aliphatic rings. The van der Waals surface area contributed by atoms with Gasteiger partial charge in [0.2, 0.25) is 10.0 Å². The molecule has 0 radical (unpaired) electrons. The fourth-order valence-electron chi connectivity index (χ4n) is 5.31. The first-order chi connectivity index (χ1) is 22.4. The zero-order valence-electron chi connectivity index (χ0n) is 24.9. The summed E-state index contributed by atoms with van der Waals surface area (Å²) in [6.45, 7) is 0.121. The largest absolute Gasteiger partial charge is 0.618 e. The molecule has 0 saturated carbocycles. The van der Waals surface area contributed by atoms with Crippen LogP contribution in [0.1, 0.15) is 41.1 Å². The van der Waals surface area contributed by atoms with Gasteiger partial charge in [0.15, 0.2) is 12.5 Å². The van der Waals surface area contributed by atoms with Crippen molar-refractivity contribution in [3.05, 3.63) is 155 Å². The molecule has 236 valence electrons. The number of ether oxygens (including phenoxy) is 2. The summed E-state index contributed by atoms with van der Waals surface area (Å²) in [5, 5.41) is 22.4. The van der Waals surface area contributed by atoms with Crippen molar-refractivity contribution in [1.29, 1.82) is 0 Å². The van der Waals surface area contributed by atoms with E-state index in [0.717, 1.165) is 38.1 Å². The summed E-state index contributed by atoms with van der Waals surface area (Å²) in [6.07, 6.45) is 0.986. The van der Waals surface area contributed by atoms with E-state index in [-0.39, 0.29) is 30.3 Å². The lowest BCUT2D eigenvalue weighted by Gasteiger charge is -2.36. The second-order valence-electron chi connectivity index (χ2n) is 11.0. The van der Waals surface area contributed by atoms with Gasteiger partial charge in [-0.2, -0.15) is 4.73 Å². The maximum Gasteiger partial charge on any atom is 0.251 e. The average Bonchev–Trinajstić information content (AvgIpc) is 3.11. The monoisotopic (exact) mass is 654 g/mol. The summed E-state index contributed by atoms with van der Waals surface area (Å²) in [7, 11) is -3.64. The third-order valence-corrected chi connectivity index (χ3v) is 10.3. The Morgan fingerprint density at radius 3 is 2.30 bits per heavy atom. The highest BCUT2D eigenvalue weighted by Gasteiger charge is 2.33. The van der Waals surface area contributed by atoms with Gasteiger partial charge < -0.3 is 19.8 Å². The minimum Gasteiger partial charge on any atom is -0.618 e. The van der Waals surface area contributed by atoms with E-state index in [9.17, 15) is 18.7 Å². The van der Waals surface area contributed by atoms with Gasteiger partial charge >= 0.3 is 0 Å². The molecule has 0 bridgehead atoms. The summed E-state index contributed by atoms with van der Waals surface area (Å²) >= 11 is 1.45. The maximum absolute atomic E-state index is 12.7. The Morgan fingerprint density at radius 1 is 0.804 bits per heavy atom. The van der Waals surface area contributed by atoms with Crippen molar-refractivity contribution in [1.82, 2.24) is 4.72 Å². The van der Waals surface area contributed by atoms with Crippen LogP contribution in [-0.4, -0.2) is 25.4 Å². The smallest absolute Gasteiger partial charge is 0.251 e. The molecule has 0 amide bonds. The van der Waals surface area contributed by atoms with E-state index in [4.69, 9.17) is 9.47 Å². The molecule has 10 heteroatoms. The van der Waals surface area contributed by atoms with Gasteiger partial charge in [-0.1, -0.05) is 90.6 Å². The highest BCUT2D eigenvalue weighted by Crippen LogP contribution is 2.40. The molecule has 8 nitrogen and oxygen atoms in total. The van der Waals surface area contributed by atoms with Crippen molar-refractivity contribution in [2.45, 2.75) is 48.0 Å². The van der Waals surface area contributed by atoms with Crippen molar-refractivity contribution in [2.24, 2.45) is 0 Å². The first-order valence-corrected chi connectivity index (χ1v) is 17.4. The molecule has 5 aromatic rings. The van der Waals surface area contributed by atoms with Crippen LogP contribution in [0.3, 0.4) is 0 Å². The number of hydrogen-bond donors (Lipinski definition) is 2. The number of rotatable bonds is 11. The van der Waals surface area contributed by atoms with Gasteiger partial charge in [0.25, 0.3) is 5.03 Å². The van der Waals surface area contributed by atoms with Crippen molar-refractivity contribution in [2.75, 3.05) is 5.75 Å². The van der Waals surface area contributed by atoms with E-state index >= 15 is 0 Å². The molecule has 46 heavy (non-hydrogen) atoms. The molecule has 6 rings (SSSR count). The van der Waals surface area contributed by atoms with Crippen LogP contribution in [0.2, 0.25) is 0 Å². The molecule has 1 fully saturated rings. The van der Waals surface area contributed by atoms with Gasteiger partial charge in [-0.15, -0.1) is 0 Å². The quantitative estimate of drug-likeness (QED) is 0.0978. The van der Waals surface area contributed by atoms with E-state index in [1.54, 1.807) is 42.5 Å². The van der Waals surface area contributed by atoms with E-state index in [0.29, 0.717) is 17.2 Å². The molecular formula is C36H34N2O6S2. The van der Waals surface area contributed by atoms with Crippen LogP contribution in [0, 0.1) is 5.21 Å². The molecule has 1 saturated heterocycles. The van der Waals surface area contributed by atoms with E-state index in [1.165, 1.54) is 18.0 Å². The summed E-state index contributed by atoms with van der Waals surface area (Å²) < 4.78 is 42.1. The third-order valence-electron chi connectivity index (χ3n) is 7.76. The lowest BCUT2D eigenvalue weighted by atomic mass is 9.99. The van der Waals surface area contributed by atoms with Crippen LogP contribution < -0.4 is 9.45 Å². The predicted molar refractivity (Wildman–Crippen MR) is 177 cm³/mol. The normalized spacial score (nSPS) is 18.3. The number of sulfonamides is 1. The first kappa shape index (κ1) is 31.9. The second kappa shape index (κ2) is 14.6. The molecule has 0 aliphatic carbocycles. The molecule has 1 aliphatic heterocycles. The number of aliphatic hydroxyl groups excluding tert-OH is 1. The van der Waals surface area contributed by atoms with Crippen LogP contribution in [0.15, 0.2) is 137 Å². The Morgan fingerprint density at radius 2 is 1.54 bits per heavy atom. The lowest BCUT2D eigenvalue weighted by Crippen LogP contribution is -2.32. The third kappa shape index (κ3) is 7.84. The number of aliphatic hydroxyl groups is 1. The van der Waals surface area contributed by atoms with Crippen molar-refractivity contribution < 1.29 is 27.7 Å². The SMILES string of the molecule is O=S(=O)(NCc1cccc(-c2cccc(C3OC(CSc4cccc[n+]4[O-])CC(c4ccc(CO)cc4)O3)c2)c1)c1ccccc1. The number of thioether (sulfide) groups is 1. The molecular weight excluding hydrogens is 621 g/mol. The zero-order valence-corrected chi connectivity index (χ0v) is 26.6. The van der Waals surface area contributed by atoms with E-state index < -0.39 is 16.3 Å². The van der Waals surface area contributed by atoms with Gasteiger partial charge in [0, 0.05) is 36.4 Å². The Hall–Kier alpha value is -4.03. The van der Waals surface area contributed by atoms with Gasteiger partial charge in [0.05, 0.1) is 23.7 Å². The topological polar surface area (TPSA) is 112 Å². The Kier molecular flexibility index (Phi) is 10.1. The standard InChI is InChI=1S/C36H34N2O6S2/c39-24-26-15-17-28(18-16-26)34-22-32(25-45-35-14-4-5-19-38(35)40)43-36(44-34)31-11-7-10-30(21-31)29-9-6-8-27(20-29)23-37-46(41,42)33-12-2-1-3-13-33/h1-21,32,34,36-37,39H,22-25H2. The number of nitrogens with zero attached hydrogens (tertiary/aromatic N) is 1. The molecule has 4 aromatic carbocycles. The number of nitrogens with one attached hydrogen (secondary N) is 1. The van der Waals surface area contributed by atoms with Crippen LogP contribution in [0.5, 0.6) is 0 Å². The van der Waals surface area contributed by atoms with Crippen LogP contribution >= 0.6 is 11.8 Å². The summed E-state index contributed by atoms with van der Waals surface area (Å²) in [5.74, 6) is 0.567. The zero-order chi connectivity index (χ0) is 31.9. The van der Waals surface area contributed by atoms with Gasteiger partial charge in [-0.3, -0.25) is 0 Å². The molecule has 0 spiro atoms. The van der Waals surface area contributed by atoms with Crippen LogP contribution in [0.25, 0.3) is 11.1 Å². The van der Waals surface area contributed by atoms with Crippen molar-refractivity contribution in [3.63, 3.8) is 0 Å². The van der Waals surface area contributed by atoms with Gasteiger partial charge in [0.1, 0.15) is 0 Å². The molecule has 1 aromatic heterocycles.